The van der Waals surface area contributed by atoms with Crippen molar-refractivity contribution in [3.63, 3.8) is 0 Å². The molecule has 1 fully saturated rings. The summed E-state index contributed by atoms with van der Waals surface area (Å²) in [5.41, 5.74) is 2.47. The molecule has 38 heavy (non-hydrogen) atoms. The van der Waals surface area contributed by atoms with Crippen LogP contribution in [0.2, 0.25) is 0 Å². The Labute approximate surface area is 227 Å². The van der Waals surface area contributed by atoms with Gasteiger partial charge in [0.2, 0.25) is 21.8 Å². The Hall–Kier alpha value is -3.07. The number of hydrogen-bond acceptors (Lipinski definition) is 5. The maximum atomic E-state index is 13.6. The molecule has 3 rings (SSSR count). The van der Waals surface area contributed by atoms with Crippen molar-refractivity contribution < 1.29 is 22.7 Å². The molecule has 1 N–H and O–H groups in total. The molecule has 2 aromatic rings. The summed E-state index contributed by atoms with van der Waals surface area (Å²) in [6.45, 7) is 4.36. The van der Waals surface area contributed by atoms with E-state index in [0.717, 1.165) is 43.1 Å². The van der Waals surface area contributed by atoms with Crippen molar-refractivity contribution in [3.05, 3.63) is 59.7 Å². The maximum absolute atomic E-state index is 13.6. The van der Waals surface area contributed by atoms with Crippen molar-refractivity contribution in [1.82, 2.24) is 10.2 Å². The van der Waals surface area contributed by atoms with Crippen molar-refractivity contribution in [3.8, 4) is 5.75 Å². The molecular weight excluding hydrogens is 502 g/mol. The second kappa shape index (κ2) is 13.6. The van der Waals surface area contributed by atoms with Gasteiger partial charge in [-0.05, 0) is 55.9 Å². The van der Waals surface area contributed by atoms with Crippen LogP contribution >= 0.6 is 0 Å². The highest BCUT2D eigenvalue weighted by Gasteiger charge is 2.31. The number of nitrogens with one attached hydrogen (secondary N) is 1. The van der Waals surface area contributed by atoms with E-state index >= 15 is 0 Å². The fourth-order valence-electron chi connectivity index (χ4n) is 5.08. The minimum atomic E-state index is -3.61. The van der Waals surface area contributed by atoms with Gasteiger partial charge >= 0.3 is 0 Å². The molecule has 208 valence electrons. The molecule has 0 aromatic heterocycles. The smallest absolute Gasteiger partial charge is 0.243 e. The number of methoxy groups -OCH3 is 1. The Bertz CT molecular complexity index is 1190. The van der Waals surface area contributed by atoms with Gasteiger partial charge in [-0.25, -0.2) is 8.42 Å². The highest BCUT2D eigenvalue weighted by molar-refractivity contribution is 7.92. The highest BCUT2D eigenvalue weighted by Crippen LogP contribution is 2.30. The molecule has 2 amide bonds. The van der Waals surface area contributed by atoms with Crippen LogP contribution < -0.4 is 14.4 Å². The third-order valence-electron chi connectivity index (χ3n) is 7.20. The number of rotatable bonds is 13. The van der Waals surface area contributed by atoms with Gasteiger partial charge in [0.25, 0.3) is 0 Å². The molecule has 0 aliphatic heterocycles. The number of aryl methyl sites for hydroxylation is 1. The Morgan fingerprint density at radius 2 is 1.74 bits per heavy atom. The predicted octanol–water partition coefficient (Wildman–Crippen LogP) is 4.42. The molecule has 9 heteroatoms. The lowest BCUT2D eigenvalue weighted by Crippen LogP contribution is -2.51. The van der Waals surface area contributed by atoms with Crippen molar-refractivity contribution in [2.75, 3.05) is 24.2 Å². The molecule has 0 radical (unpaired) electrons. The van der Waals surface area contributed by atoms with Gasteiger partial charge in [-0.15, -0.1) is 0 Å². The first-order chi connectivity index (χ1) is 18.2. The van der Waals surface area contributed by atoms with Crippen molar-refractivity contribution in [2.45, 2.75) is 77.4 Å². The molecule has 0 bridgehead atoms. The van der Waals surface area contributed by atoms with Gasteiger partial charge in [0.05, 0.1) is 19.1 Å². The van der Waals surface area contributed by atoms with Crippen molar-refractivity contribution in [1.29, 1.82) is 0 Å². The van der Waals surface area contributed by atoms with Gasteiger partial charge in [-0.2, -0.15) is 0 Å². The second-order valence-electron chi connectivity index (χ2n) is 9.97. The summed E-state index contributed by atoms with van der Waals surface area (Å²) >= 11 is 0. The lowest BCUT2D eigenvalue weighted by Gasteiger charge is -2.32. The Kier molecular flexibility index (Phi) is 10.6. The number of carbonyl (C=O) groups is 2. The molecule has 0 spiro atoms. The fourth-order valence-corrected chi connectivity index (χ4v) is 6.05. The Morgan fingerprint density at radius 3 is 2.37 bits per heavy atom. The van der Waals surface area contributed by atoms with Crippen LogP contribution in [0.15, 0.2) is 48.5 Å². The molecular formula is C29H41N3O5S. The molecule has 1 atom stereocenters. The quantitative estimate of drug-likeness (QED) is 0.404. The number of benzene rings is 2. The minimum Gasteiger partial charge on any atom is -0.495 e. The highest BCUT2D eigenvalue weighted by atomic mass is 32.2. The van der Waals surface area contributed by atoms with E-state index in [1.165, 1.54) is 11.4 Å². The van der Waals surface area contributed by atoms with Crippen LogP contribution in [0.4, 0.5) is 5.69 Å². The van der Waals surface area contributed by atoms with E-state index in [-0.39, 0.29) is 30.8 Å². The van der Waals surface area contributed by atoms with Crippen LogP contribution in [0.25, 0.3) is 0 Å². The molecule has 1 aliphatic carbocycles. The van der Waals surface area contributed by atoms with Gasteiger partial charge in [0.1, 0.15) is 11.8 Å². The molecule has 1 aliphatic rings. The summed E-state index contributed by atoms with van der Waals surface area (Å²) in [6.07, 6.45) is 6.21. The van der Waals surface area contributed by atoms with E-state index in [9.17, 15) is 18.0 Å². The minimum absolute atomic E-state index is 0.111. The summed E-state index contributed by atoms with van der Waals surface area (Å²) in [5, 5.41) is 3.16. The van der Waals surface area contributed by atoms with Crippen molar-refractivity contribution in [2.24, 2.45) is 0 Å². The zero-order chi connectivity index (χ0) is 27.7. The standard InChI is InChI=1S/C29H41N3O5S/c1-5-25(29(34)30-24-15-8-9-16-24)31(21-23-14-7-6-13-22(23)2)28(33)19-12-20-32(38(4,35)36)26-17-10-11-18-27(26)37-3/h6-7,10-11,13-14,17-18,24-25H,5,8-9,12,15-16,19-21H2,1-4H3,(H,30,34)/t25-/m1/s1. The summed E-state index contributed by atoms with van der Waals surface area (Å²) < 4.78 is 31.9. The summed E-state index contributed by atoms with van der Waals surface area (Å²) in [6, 6.07) is 14.3. The Morgan fingerprint density at radius 1 is 1.08 bits per heavy atom. The van der Waals surface area contributed by atoms with Gasteiger partial charge in [0.15, 0.2) is 0 Å². The third-order valence-corrected chi connectivity index (χ3v) is 8.38. The average Bonchev–Trinajstić information content (AvgIpc) is 3.39. The van der Waals surface area contributed by atoms with Crippen molar-refractivity contribution >= 4 is 27.5 Å². The topological polar surface area (TPSA) is 96.0 Å². The second-order valence-corrected chi connectivity index (χ2v) is 11.9. The normalized spacial score (nSPS) is 14.6. The average molecular weight is 544 g/mol. The number of carbonyl (C=O) groups excluding carboxylic acids is 2. The van der Waals surface area contributed by atoms with Crippen LogP contribution in [-0.2, 0) is 26.2 Å². The number of anilines is 1. The van der Waals surface area contributed by atoms with Gasteiger partial charge in [-0.3, -0.25) is 13.9 Å². The van der Waals surface area contributed by atoms with Crippen LogP contribution in [0.3, 0.4) is 0 Å². The molecule has 1 saturated carbocycles. The third kappa shape index (κ3) is 7.72. The first-order valence-corrected chi connectivity index (χ1v) is 15.3. The summed E-state index contributed by atoms with van der Waals surface area (Å²) in [4.78, 5) is 28.6. The number of ether oxygens (including phenoxy) is 1. The van der Waals surface area contributed by atoms with E-state index in [4.69, 9.17) is 4.74 Å². The van der Waals surface area contributed by atoms with E-state index in [2.05, 4.69) is 5.32 Å². The van der Waals surface area contributed by atoms with Crippen LogP contribution in [0, 0.1) is 6.92 Å². The molecule has 0 saturated heterocycles. The van der Waals surface area contributed by atoms with E-state index < -0.39 is 16.1 Å². The maximum Gasteiger partial charge on any atom is 0.243 e. The molecule has 0 unspecified atom stereocenters. The van der Waals surface area contributed by atoms with E-state index in [1.807, 2.05) is 38.1 Å². The summed E-state index contributed by atoms with van der Waals surface area (Å²) in [5.74, 6) is 0.156. The number of nitrogens with zero attached hydrogens (tertiary/aromatic N) is 2. The molecule has 2 aromatic carbocycles. The number of amides is 2. The zero-order valence-corrected chi connectivity index (χ0v) is 23.8. The molecule has 0 heterocycles. The SMILES string of the molecule is CC[C@H](C(=O)NC1CCCC1)N(Cc1ccccc1C)C(=O)CCCN(c1ccccc1OC)S(C)(=O)=O. The zero-order valence-electron chi connectivity index (χ0n) is 23.0. The number of sulfonamides is 1. The van der Waals surface area contributed by atoms with Gasteiger partial charge in [-0.1, -0.05) is 56.2 Å². The Balaban J connectivity index is 1.78. The molecule has 8 nitrogen and oxygen atoms in total. The summed E-state index contributed by atoms with van der Waals surface area (Å²) in [7, 11) is -2.11. The first kappa shape index (κ1) is 29.5. The van der Waals surface area contributed by atoms with Crippen LogP contribution in [0.1, 0.15) is 63.0 Å². The number of hydrogen-bond donors (Lipinski definition) is 1. The predicted molar refractivity (Wildman–Crippen MR) is 151 cm³/mol. The lowest BCUT2D eigenvalue weighted by atomic mass is 10.0. The van der Waals surface area contributed by atoms with E-state index in [0.29, 0.717) is 30.8 Å². The van der Waals surface area contributed by atoms with E-state index in [1.54, 1.807) is 29.2 Å². The van der Waals surface area contributed by atoms with Crippen LogP contribution in [-0.4, -0.2) is 57.1 Å². The fraction of sp³-hybridized carbons (Fsp3) is 0.517. The van der Waals surface area contributed by atoms with Gasteiger partial charge < -0.3 is 15.0 Å². The lowest BCUT2D eigenvalue weighted by molar-refractivity contribution is -0.141. The van der Waals surface area contributed by atoms with Gasteiger partial charge in [0, 0.05) is 25.6 Å². The largest absolute Gasteiger partial charge is 0.495 e. The first-order valence-electron chi connectivity index (χ1n) is 13.4. The van der Waals surface area contributed by atoms with Crippen LogP contribution in [0.5, 0.6) is 5.75 Å². The monoisotopic (exact) mass is 543 g/mol. The number of para-hydroxylation sites is 2.